The highest BCUT2D eigenvalue weighted by Gasteiger charge is 2.31. The van der Waals surface area contributed by atoms with Crippen LogP contribution in [0.2, 0.25) is 0 Å². The molecule has 1 aliphatic rings. The zero-order valence-electron chi connectivity index (χ0n) is 12.8. The molecule has 1 aromatic carbocycles. The summed E-state index contributed by atoms with van der Waals surface area (Å²) in [7, 11) is 3.85. The molecule has 2 rings (SSSR count). The summed E-state index contributed by atoms with van der Waals surface area (Å²) in [4.78, 5) is 15.8. The molecule has 0 unspecified atom stereocenters. The fourth-order valence-corrected chi connectivity index (χ4v) is 2.71. The van der Waals surface area contributed by atoms with E-state index in [-0.39, 0.29) is 5.54 Å². The maximum absolute atomic E-state index is 10.9. The number of aldehydes is 1. The molecule has 4 heteroatoms. The quantitative estimate of drug-likeness (QED) is 0.788. The van der Waals surface area contributed by atoms with Crippen LogP contribution in [0.5, 0.6) is 5.75 Å². The third-order valence-electron chi connectivity index (χ3n) is 4.23. The van der Waals surface area contributed by atoms with Crippen molar-refractivity contribution < 1.29 is 9.53 Å². The molecule has 1 aromatic rings. The number of hydrogen-bond acceptors (Lipinski definition) is 4. The van der Waals surface area contributed by atoms with Gasteiger partial charge in [0.15, 0.2) is 0 Å². The first kappa shape index (κ1) is 15.0. The summed E-state index contributed by atoms with van der Waals surface area (Å²) in [6.45, 7) is 8.45. The summed E-state index contributed by atoms with van der Waals surface area (Å²) in [5.41, 5.74) is 1.96. The molecule has 0 amide bonds. The number of methoxy groups -OCH3 is 1. The Balaban J connectivity index is 2.15. The van der Waals surface area contributed by atoms with Crippen LogP contribution in [-0.4, -0.2) is 55.4 Å². The van der Waals surface area contributed by atoms with Crippen molar-refractivity contribution in [2.24, 2.45) is 0 Å². The Morgan fingerprint density at radius 1 is 1.35 bits per heavy atom. The SMILES string of the molecule is COc1ccc(C=O)cc1CN1CCN(C)C(C)(C)C1. The molecule has 0 spiro atoms. The van der Waals surface area contributed by atoms with Crippen LogP contribution in [-0.2, 0) is 6.54 Å². The van der Waals surface area contributed by atoms with Crippen LogP contribution in [0, 0.1) is 0 Å². The Labute approximate surface area is 121 Å². The first-order valence-corrected chi connectivity index (χ1v) is 7.02. The van der Waals surface area contributed by atoms with Gasteiger partial charge in [-0.25, -0.2) is 0 Å². The summed E-state index contributed by atoms with van der Waals surface area (Å²) in [6, 6.07) is 5.60. The summed E-state index contributed by atoms with van der Waals surface area (Å²) in [6.07, 6.45) is 0.886. The molecule has 1 heterocycles. The minimum absolute atomic E-state index is 0.174. The summed E-state index contributed by atoms with van der Waals surface area (Å²) in [5, 5.41) is 0. The number of piperazine rings is 1. The second kappa shape index (κ2) is 5.94. The maximum Gasteiger partial charge on any atom is 0.150 e. The Bertz CT molecular complexity index is 485. The lowest BCUT2D eigenvalue weighted by molar-refractivity contribution is 0.0356. The highest BCUT2D eigenvalue weighted by Crippen LogP contribution is 2.25. The third-order valence-corrected chi connectivity index (χ3v) is 4.23. The Hall–Kier alpha value is -1.39. The van der Waals surface area contributed by atoms with E-state index in [9.17, 15) is 4.79 Å². The van der Waals surface area contributed by atoms with Gasteiger partial charge in [-0.1, -0.05) is 0 Å². The van der Waals surface area contributed by atoms with Crippen molar-refractivity contribution in [1.29, 1.82) is 0 Å². The van der Waals surface area contributed by atoms with Crippen molar-refractivity contribution in [3.05, 3.63) is 29.3 Å². The first-order chi connectivity index (χ1) is 9.46. The number of benzene rings is 1. The molecule has 20 heavy (non-hydrogen) atoms. The largest absolute Gasteiger partial charge is 0.496 e. The minimum atomic E-state index is 0.174. The first-order valence-electron chi connectivity index (χ1n) is 7.02. The maximum atomic E-state index is 10.9. The van der Waals surface area contributed by atoms with Gasteiger partial charge in [0.2, 0.25) is 0 Å². The van der Waals surface area contributed by atoms with Gasteiger partial charge in [-0.3, -0.25) is 14.6 Å². The molecule has 1 saturated heterocycles. The summed E-state index contributed by atoms with van der Waals surface area (Å²) >= 11 is 0. The van der Waals surface area contributed by atoms with Crippen LogP contribution in [0.3, 0.4) is 0 Å². The van der Waals surface area contributed by atoms with Gasteiger partial charge < -0.3 is 4.74 Å². The highest BCUT2D eigenvalue weighted by atomic mass is 16.5. The van der Waals surface area contributed by atoms with Gasteiger partial charge in [0.1, 0.15) is 12.0 Å². The Morgan fingerprint density at radius 3 is 2.70 bits per heavy atom. The molecule has 110 valence electrons. The normalized spacial score (nSPS) is 19.8. The molecule has 0 aliphatic carbocycles. The molecule has 0 N–H and O–H groups in total. The molecule has 0 radical (unpaired) electrons. The predicted octanol–water partition coefficient (Wildman–Crippen LogP) is 2.03. The average Bonchev–Trinajstić information content (AvgIpc) is 2.42. The van der Waals surface area contributed by atoms with Crippen molar-refractivity contribution in [2.75, 3.05) is 33.8 Å². The second-order valence-electron chi connectivity index (χ2n) is 6.13. The molecule has 1 fully saturated rings. The van der Waals surface area contributed by atoms with Gasteiger partial charge in [0.05, 0.1) is 7.11 Å². The zero-order valence-corrected chi connectivity index (χ0v) is 12.8. The van der Waals surface area contributed by atoms with Crippen LogP contribution >= 0.6 is 0 Å². The van der Waals surface area contributed by atoms with Gasteiger partial charge in [-0.05, 0) is 39.1 Å². The lowest BCUT2D eigenvalue weighted by Gasteiger charge is -2.45. The molecular weight excluding hydrogens is 252 g/mol. The molecule has 4 nitrogen and oxygen atoms in total. The second-order valence-corrected chi connectivity index (χ2v) is 6.13. The monoisotopic (exact) mass is 276 g/mol. The van der Waals surface area contributed by atoms with Crippen LogP contribution in [0.15, 0.2) is 18.2 Å². The summed E-state index contributed by atoms with van der Waals surface area (Å²) in [5.74, 6) is 0.854. The number of rotatable bonds is 4. The predicted molar refractivity (Wildman–Crippen MR) is 80.4 cm³/mol. The van der Waals surface area contributed by atoms with Crippen molar-refractivity contribution in [3.8, 4) is 5.75 Å². The van der Waals surface area contributed by atoms with E-state index in [2.05, 4.69) is 30.7 Å². The number of carbonyl (C=O) groups is 1. The van der Waals surface area contributed by atoms with Gasteiger partial charge in [-0.2, -0.15) is 0 Å². The van der Waals surface area contributed by atoms with Crippen molar-refractivity contribution in [1.82, 2.24) is 9.80 Å². The van der Waals surface area contributed by atoms with Crippen molar-refractivity contribution in [2.45, 2.75) is 25.9 Å². The lowest BCUT2D eigenvalue weighted by Crippen LogP contribution is -2.57. The molecule has 1 aliphatic heterocycles. The van der Waals surface area contributed by atoms with Crippen LogP contribution in [0.4, 0.5) is 0 Å². The van der Waals surface area contributed by atoms with E-state index in [0.29, 0.717) is 5.56 Å². The molecule has 0 atom stereocenters. The third kappa shape index (κ3) is 3.19. The van der Waals surface area contributed by atoms with Crippen LogP contribution < -0.4 is 4.74 Å². The van der Waals surface area contributed by atoms with Crippen LogP contribution in [0.1, 0.15) is 29.8 Å². The van der Waals surface area contributed by atoms with E-state index in [1.807, 2.05) is 12.1 Å². The molecule has 0 bridgehead atoms. The fourth-order valence-electron chi connectivity index (χ4n) is 2.71. The molecule has 0 aromatic heterocycles. The number of carbonyl (C=O) groups excluding carboxylic acids is 1. The van der Waals surface area contributed by atoms with E-state index < -0.39 is 0 Å². The average molecular weight is 276 g/mol. The molecular formula is C16H24N2O2. The van der Waals surface area contributed by atoms with Crippen molar-refractivity contribution in [3.63, 3.8) is 0 Å². The summed E-state index contributed by atoms with van der Waals surface area (Å²) < 4.78 is 5.41. The van der Waals surface area contributed by atoms with Gasteiger partial charge in [0, 0.05) is 42.8 Å². The topological polar surface area (TPSA) is 32.8 Å². The fraction of sp³-hybridized carbons (Fsp3) is 0.562. The smallest absolute Gasteiger partial charge is 0.150 e. The standard InChI is InChI=1S/C16H24N2O2/c1-16(2)12-18(8-7-17(16)3)10-14-9-13(11-19)5-6-15(14)20-4/h5-6,9,11H,7-8,10,12H2,1-4H3. The number of hydrogen-bond donors (Lipinski definition) is 0. The van der Waals surface area contributed by atoms with E-state index in [1.165, 1.54) is 0 Å². The number of ether oxygens (including phenoxy) is 1. The Morgan fingerprint density at radius 2 is 2.10 bits per heavy atom. The Kier molecular flexibility index (Phi) is 4.45. The number of likely N-dealkylation sites (N-methyl/N-ethyl adjacent to an activating group) is 1. The van der Waals surface area contributed by atoms with E-state index >= 15 is 0 Å². The molecule has 0 saturated carbocycles. The van der Waals surface area contributed by atoms with E-state index in [1.54, 1.807) is 13.2 Å². The lowest BCUT2D eigenvalue weighted by atomic mass is 9.99. The number of nitrogens with zero attached hydrogens (tertiary/aromatic N) is 2. The van der Waals surface area contributed by atoms with E-state index in [4.69, 9.17) is 4.74 Å². The van der Waals surface area contributed by atoms with Gasteiger partial charge in [-0.15, -0.1) is 0 Å². The zero-order chi connectivity index (χ0) is 14.8. The van der Waals surface area contributed by atoms with Crippen LogP contribution in [0.25, 0.3) is 0 Å². The minimum Gasteiger partial charge on any atom is -0.496 e. The van der Waals surface area contributed by atoms with E-state index in [0.717, 1.165) is 43.8 Å². The van der Waals surface area contributed by atoms with Gasteiger partial charge >= 0.3 is 0 Å². The van der Waals surface area contributed by atoms with Crippen molar-refractivity contribution >= 4 is 6.29 Å². The van der Waals surface area contributed by atoms with Gasteiger partial charge in [0.25, 0.3) is 0 Å². The highest BCUT2D eigenvalue weighted by molar-refractivity contribution is 5.75.